The molecule has 0 bridgehead atoms. The molecule has 0 fully saturated rings. The van der Waals surface area contributed by atoms with E-state index in [2.05, 4.69) is 10.6 Å². The molecule has 0 aliphatic heterocycles. The predicted octanol–water partition coefficient (Wildman–Crippen LogP) is 3.27. The van der Waals surface area contributed by atoms with E-state index >= 15 is 0 Å². The van der Waals surface area contributed by atoms with Crippen molar-refractivity contribution in [1.82, 2.24) is 10.6 Å². The molecule has 2 aromatic rings. The fraction of sp³-hybridized carbons (Fsp3) is 0.333. The van der Waals surface area contributed by atoms with Crippen molar-refractivity contribution in [2.24, 2.45) is 0 Å². The minimum absolute atomic E-state index is 0.0566. The second kappa shape index (κ2) is 13.4. The smallest absolute Gasteiger partial charge is 0.408 e. The van der Waals surface area contributed by atoms with E-state index in [9.17, 15) is 9.59 Å². The second-order valence-corrected chi connectivity index (χ2v) is 5.42. The molecule has 0 saturated carbocycles. The first kappa shape index (κ1) is 22.2. The van der Waals surface area contributed by atoms with Crippen molar-refractivity contribution < 1.29 is 19.1 Å². The second-order valence-electron chi connectivity index (χ2n) is 5.42. The number of nitrogens with one attached hydrogen (secondary N) is 2. The van der Waals surface area contributed by atoms with Gasteiger partial charge >= 0.3 is 6.09 Å². The fourth-order valence-corrected chi connectivity index (χ4v) is 2.16. The van der Waals surface area contributed by atoms with Crippen molar-refractivity contribution in [3.05, 3.63) is 71.8 Å². The first-order valence-electron chi connectivity index (χ1n) is 8.97. The summed E-state index contributed by atoms with van der Waals surface area (Å²) in [5.41, 5.74) is 1.84. The van der Waals surface area contributed by atoms with E-state index < -0.39 is 12.1 Å². The van der Waals surface area contributed by atoms with Crippen LogP contribution in [0.2, 0.25) is 0 Å². The summed E-state index contributed by atoms with van der Waals surface area (Å²) in [4.78, 5) is 24.2. The number of rotatable bonds is 8. The highest BCUT2D eigenvalue weighted by Crippen LogP contribution is 2.01. The molecule has 146 valence electrons. The third-order valence-electron chi connectivity index (χ3n) is 3.46. The summed E-state index contributed by atoms with van der Waals surface area (Å²) in [6, 6.07) is 18.0. The molecular formula is C21H28N2O4. The van der Waals surface area contributed by atoms with Crippen LogP contribution in [0.1, 0.15) is 25.0 Å². The van der Waals surface area contributed by atoms with Crippen molar-refractivity contribution in [2.45, 2.75) is 33.0 Å². The van der Waals surface area contributed by atoms with Crippen LogP contribution in [0.25, 0.3) is 0 Å². The van der Waals surface area contributed by atoms with Gasteiger partial charge in [-0.05, 0) is 11.1 Å². The van der Waals surface area contributed by atoms with Gasteiger partial charge in [0.2, 0.25) is 5.91 Å². The van der Waals surface area contributed by atoms with Gasteiger partial charge in [0.15, 0.2) is 0 Å². The Morgan fingerprint density at radius 1 is 0.926 bits per heavy atom. The molecule has 2 aromatic carbocycles. The highest BCUT2D eigenvalue weighted by molar-refractivity contribution is 5.85. The summed E-state index contributed by atoms with van der Waals surface area (Å²) in [7, 11) is 1.47. The number of benzene rings is 2. The van der Waals surface area contributed by atoms with Crippen molar-refractivity contribution in [2.75, 3.05) is 13.7 Å². The molecule has 2 amide bonds. The average molecular weight is 372 g/mol. The van der Waals surface area contributed by atoms with E-state index in [4.69, 9.17) is 9.47 Å². The normalized spacial score (nSPS) is 10.8. The topological polar surface area (TPSA) is 76.7 Å². The number of ether oxygens (including phenoxy) is 2. The largest absolute Gasteiger partial charge is 0.445 e. The number of carbonyl (C=O) groups is 2. The summed E-state index contributed by atoms with van der Waals surface area (Å²) in [5, 5.41) is 5.30. The van der Waals surface area contributed by atoms with Gasteiger partial charge in [-0.25, -0.2) is 4.79 Å². The van der Waals surface area contributed by atoms with Crippen LogP contribution in [0.3, 0.4) is 0 Å². The van der Waals surface area contributed by atoms with Gasteiger partial charge in [0.05, 0.1) is 6.61 Å². The molecule has 6 nitrogen and oxygen atoms in total. The number of hydrogen-bond acceptors (Lipinski definition) is 4. The van der Waals surface area contributed by atoms with Gasteiger partial charge < -0.3 is 20.1 Å². The maximum absolute atomic E-state index is 12.3. The summed E-state index contributed by atoms with van der Waals surface area (Å²) in [6.45, 7) is 4.57. The van der Waals surface area contributed by atoms with E-state index in [0.29, 0.717) is 6.54 Å². The summed E-state index contributed by atoms with van der Waals surface area (Å²) in [5.74, 6) is -0.331. The zero-order valence-electron chi connectivity index (χ0n) is 16.1. The van der Waals surface area contributed by atoms with Crippen LogP contribution in [0.5, 0.6) is 0 Å². The SMILES string of the molecule is CC.COC[C@@H](NC(=O)OCc1ccccc1)C(=O)NCc1ccccc1. The van der Waals surface area contributed by atoms with E-state index in [1.165, 1.54) is 7.11 Å². The van der Waals surface area contributed by atoms with Gasteiger partial charge in [-0.2, -0.15) is 0 Å². The third kappa shape index (κ3) is 8.87. The fourth-order valence-electron chi connectivity index (χ4n) is 2.16. The molecule has 0 radical (unpaired) electrons. The molecule has 0 heterocycles. The van der Waals surface area contributed by atoms with Gasteiger partial charge in [0, 0.05) is 13.7 Å². The van der Waals surface area contributed by atoms with Crippen LogP contribution in [-0.2, 0) is 27.4 Å². The van der Waals surface area contributed by atoms with Crippen molar-refractivity contribution in [3.63, 3.8) is 0 Å². The van der Waals surface area contributed by atoms with Crippen LogP contribution in [0, 0.1) is 0 Å². The molecule has 0 aromatic heterocycles. The minimum Gasteiger partial charge on any atom is -0.445 e. The molecule has 6 heteroatoms. The highest BCUT2D eigenvalue weighted by Gasteiger charge is 2.21. The minimum atomic E-state index is -0.822. The molecule has 27 heavy (non-hydrogen) atoms. The van der Waals surface area contributed by atoms with Crippen molar-refractivity contribution >= 4 is 12.0 Å². The first-order chi connectivity index (χ1) is 13.2. The van der Waals surface area contributed by atoms with E-state index in [0.717, 1.165) is 11.1 Å². The monoisotopic (exact) mass is 372 g/mol. The molecule has 2 rings (SSSR count). The highest BCUT2D eigenvalue weighted by atomic mass is 16.5. The zero-order chi connectivity index (χ0) is 19.9. The maximum atomic E-state index is 12.3. The predicted molar refractivity (Wildman–Crippen MR) is 105 cm³/mol. The molecule has 2 N–H and O–H groups in total. The van der Waals surface area contributed by atoms with Crippen LogP contribution in [0.4, 0.5) is 4.79 Å². The number of amides is 2. The van der Waals surface area contributed by atoms with E-state index in [-0.39, 0.29) is 19.1 Å². The number of carbonyl (C=O) groups excluding carboxylic acids is 2. The Labute approximate surface area is 160 Å². The van der Waals surface area contributed by atoms with Crippen LogP contribution in [0.15, 0.2) is 60.7 Å². The first-order valence-corrected chi connectivity index (χ1v) is 8.97. The molecule has 0 spiro atoms. The van der Waals surface area contributed by atoms with Crippen molar-refractivity contribution in [3.8, 4) is 0 Å². The van der Waals surface area contributed by atoms with E-state index in [1.807, 2.05) is 74.5 Å². The maximum Gasteiger partial charge on any atom is 0.408 e. The molecule has 0 aliphatic rings. The lowest BCUT2D eigenvalue weighted by molar-refractivity contribution is -0.124. The number of hydrogen-bond donors (Lipinski definition) is 2. The van der Waals surface area contributed by atoms with Crippen LogP contribution < -0.4 is 10.6 Å². The van der Waals surface area contributed by atoms with E-state index in [1.54, 1.807) is 0 Å². The van der Waals surface area contributed by atoms with Gasteiger partial charge in [0.1, 0.15) is 12.6 Å². The van der Waals surface area contributed by atoms with Crippen molar-refractivity contribution in [1.29, 1.82) is 0 Å². The lowest BCUT2D eigenvalue weighted by Crippen LogP contribution is -2.49. The van der Waals surface area contributed by atoms with Gasteiger partial charge in [-0.1, -0.05) is 74.5 Å². The zero-order valence-corrected chi connectivity index (χ0v) is 16.1. The van der Waals surface area contributed by atoms with Gasteiger partial charge in [-0.3, -0.25) is 4.79 Å². The molecule has 0 aliphatic carbocycles. The van der Waals surface area contributed by atoms with Gasteiger partial charge in [-0.15, -0.1) is 0 Å². The third-order valence-corrected chi connectivity index (χ3v) is 3.46. The van der Waals surface area contributed by atoms with Crippen LogP contribution in [-0.4, -0.2) is 31.8 Å². The number of methoxy groups -OCH3 is 1. The summed E-state index contributed by atoms with van der Waals surface area (Å²) < 4.78 is 10.1. The van der Waals surface area contributed by atoms with Crippen LogP contribution >= 0.6 is 0 Å². The lowest BCUT2D eigenvalue weighted by Gasteiger charge is -2.17. The lowest BCUT2D eigenvalue weighted by atomic mass is 10.2. The Morgan fingerprint density at radius 3 is 2.04 bits per heavy atom. The Kier molecular flexibility index (Phi) is 11.0. The Bertz CT molecular complexity index is 662. The molecule has 0 saturated heterocycles. The quantitative estimate of drug-likeness (QED) is 0.746. The summed E-state index contributed by atoms with van der Waals surface area (Å²) >= 11 is 0. The molecule has 0 unspecified atom stereocenters. The number of alkyl carbamates (subject to hydrolysis) is 1. The summed E-state index contributed by atoms with van der Waals surface area (Å²) in [6.07, 6.45) is -0.666. The average Bonchev–Trinajstić information content (AvgIpc) is 2.73. The Balaban J connectivity index is 0.00000176. The Morgan fingerprint density at radius 2 is 1.48 bits per heavy atom. The standard InChI is InChI=1S/C19H22N2O4.C2H6/c1-24-14-17(18(22)20-12-15-8-4-2-5-9-15)21-19(23)25-13-16-10-6-3-7-11-16;1-2/h2-11,17H,12-14H2,1H3,(H,20,22)(H,21,23);1-2H3/t17-;/m1./s1. The van der Waals surface area contributed by atoms with Gasteiger partial charge in [0.25, 0.3) is 0 Å². The Hall–Kier alpha value is -2.86. The molecule has 1 atom stereocenters. The molecular weight excluding hydrogens is 344 g/mol.